The van der Waals surface area contributed by atoms with Gasteiger partial charge in [0.2, 0.25) is 0 Å². The van der Waals surface area contributed by atoms with Gasteiger partial charge >= 0.3 is 0 Å². The lowest BCUT2D eigenvalue weighted by atomic mass is 9.94. The van der Waals surface area contributed by atoms with Crippen molar-refractivity contribution >= 4 is 17.1 Å². The van der Waals surface area contributed by atoms with Crippen LogP contribution >= 0.6 is 11.3 Å². The van der Waals surface area contributed by atoms with Crippen LogP contribution in [0.15, 0.2) is 16.8 Å². The van der Waals surface area contributed by atoms with Crippen molar-refractivity contribution in [3.63, 3.8) is 0 Å². The predicted octanol–water partition coefficient (Wildman–Crippen LogP) is 1.86. The number of aryl methyl sites for hydroxylation is 1. The molecule has 1 aromatic heterocycles. The highest BCUT2D eigenvalue weighted by Gasteiger charge is 2.19. The molecule has 14 heavy (non-hydrogen) atoms. The van der Waals surface area contributed by atoms with Gasteiger partial charge in [-0.2, -0.15) is 11.3 Å². The topological polar surface area (TPSA) is 29.1 Å². The quantitative estimate of drug-likeness (QED) is 0.802. The van der Waals surface area contributed by atoms with Gasteiger partial charge < -0.3 is 5.32 Å². The lowest BCUT2D eigenvalue weighted by molar-refractivity contribution is -0.120. The van der Waals surface area contributed by atoms with E-state index in [1.54, 1.807) is 11.3 Å². The summed E-state index contributed by atoms with van der Waals surface area (Å²) in [5, 5.41) is 7.37. The molecule has 0 spiro atoms. The van der Waals surface area contributed by atoms with Gasteiger partial charge in [-0.25, -0.2) is 0 Å². The minimum atomic E-state index is 0.419. The summed E-state index contributed by atoms with van der Waals surface area (Å²) in [4.78, 5) is 11.5. The summed E-state index contributed by atoms with van der Waals surface area (Å²) < 4.78 is 0. The molecular weight excluding hydrogens is 194 g/mol. The molecule has 0 radical (unpaired) electrons. The highest BCUT2D eigenvalue weighted by Crippen LogP contribution is 2.13. The molecule has 2 nitrogen and oxygen atoms in total. The Balaban J connectivity index is 1.67. The fourth-order valence-electron chi connectivity index (χ4n) is 1.64. The summed E-state index contributed by atoms with van der Waals surface area (Å²) in [6, 6.07) is 2.10. The zero-order valence-corrected chi connectivity index (χ0v) is 8.98. The average Bonchev–Trinajstić information content (AvgIpc) is 2.60. The van der Waals surface area contributed by atoms with Crippen LogP contribution < -0.4 is 5.32 Å². The van der Waals surface area contributed by atoms with Gasteiger partial charge in [-0.05, 0) is 47.8 Å². The van der Waals surface area contributed by atoms with Crippen molar-refractivity contribution in [2.45, 2.75) is 19.3 Å². The first-order valence-electron chi connectivity index (χ1n) is 5.08. The molecule has 1 aliphatic rings. The summed E-state index contributed by atoms with van der Waals surface area (Å²) >= 11 is 1.70. The molecule has 1 aromatic rings. The minimum absolute atomic E-state index is 0.419. The third kappa shape index (κ3) is 2.66. The van der Waals surface area contributed by atoms with Crippen LogP contribution in [0.3, 0.4) is 0 Å². The molecule has 0 amide bonds. The molecule has 1 fully saturated rings. The van der Waals surface area contributed by atoms with Crippen LogP contribution in [-0.2, 0) is 11.2 Å². The zero-order chi connectivity index (χ0) is 9.80. The van der Waals surface area contributed by atoms with Gasteiger partial charge in [0.25, 0.3) is 0 Å². The normalized spacial score (nSPS) is 16.6. The highest BCUT2D eigenvalue weighted by atomic mass is 32.1. The van der Waals surface area contributed by atoms with E-state index in [1.807, 2.05) is 0 Å². The summed E-state index contributed by atoms with van der Waals surface area (Å²) in [5.74, 6) is 1.03. The Kier molecular flexibility index (Phi) is 3.32. The summed E-state index contributed by atoms with van der Waals surface area (Å²) in [6.45, 7) is 2.06. The third-order valence-electron chi connectivity index (χ3n) is 2.65. The maximum Gasteiger partial charge on any atom is 0.133 e. The lowest BCUT2D eigenvalue weighted by Crippen LogP contribution is -2.42. The SMILES string of the molecule is O=C(CCc1ccsc1)CC1CNC1. The molecule has 1 N–H and O–H groups in total. The van der Waals surface area contributed by atoms with E-state index >= 15 is 0 Å². The maximum absolute atomic E-state index is 11.5. The number of nitrogens with one attached hydrogen (secondary N) is 1. The summed E-state index contributed by atoms with van der Waals surface area (Å²) in [6.07, 6.45) is 2.41. The summed E-state index contributed by atoms with van der Waals surface area (Å²) in [5.41, 5.74) is 1.30. The Morgan fingerprint density at radius 2 is 2.43 bits per heavy atom. The molecule has 0 aromatic carbocycles. The number of ketones is 1. The van der Waals surface area contributed by atoms with Crippen LogP contribution in [0.1, 0.15) is 18.4 Å². The minimum Gasteiger partial charge on any atom is -0.316 e. The molecule has 0 atom stereocenters. The largest absolute Gasteiger partial charge is 0.316 e. The van der Waals surface area contributed by atoms with Crippen LogP contribution in [0, 0.1) is 5.92 Å². The lowest BCUT2D eigenvalue weighted by Gasteiger charge is -2.26. The molecular formula is C11H15NOS. The van der Waals surface area contributed by atoms with Crippen LogP contribution in [0.4, 0.5) is 0 Å². The van der Waals surface area contributed by atoms with Gasteiger partial charge in [-0.15, -0.1) is 0 Å². The van der Waals surface area contributed by atoms with Crippen LogP contribution in [0.5, 0.6) is 0 Å². The Morgan fingerprint density at radius 3 is 3.00 bits per heavy atom. The Morgan fingerprint density at radius 1 is 1.57 bits per heavy atom. The Bertz CT molecular complexity index is 290. The van der Waals surface area contributed by atoms with Gasteiger partial charge in [0.15, 0.2) is 0 Å². The fourth-order valence-corrected chi connectivity index (χ4v) is 2.34. The Labute approximate surface area is 88.3 Å². The second-order valence-electron chi connectivity index (χ2n) is 3.90. The molecule has 0 aliphatic carbocycles. The first-order valence-corrected chi connectivity index (χ1v) is 6.02. The number of Topliss-reactive ketones (excluding diaryl/α,β-unsaturated/α-hetero) is 1. The monoisotopic (exact) mass is 209 g/mol. The van der Waals surface area contributed by atoms with Gasteiger partial charge in [-0.3, -0.25) is 4.79 Å². The van der Waals surface area contributed by atoms with Crippen molar-refractivity contribution < 1.29 is 4.79 Å². The van der Waals surface area contributed by atoms with E-state index in [1.165, 1.54) is 5.56 Å². The van der Waals surface area contributed by atoms with Crippen LogP contribution in [0.2, 0.25) is 0 Å². The van der Waals surface area contributed by atoms with E-state index in [-0.39, 0.29) is 0 Å². The van der Waals surface area contributed by atoms with Gasteiger partial charge in [0.05, 0.1) is 0 Å². The van der Waals surface area contributed by atoms with Gasteiger partial charge in [0, 0.05) is 12.8 Å². The standard InChI is InChI=1S/C11H15NOS/c13-11(5-10-6-12-7-10)2-1-9-3-4-14-8-9/h3-4,8,10,12H,1-2,5-7H2. The smallest absolute Gasteiger partial charge is 0.133 e. The van der Waals surface area contributed by atoms with E-state index in [2.05, 4.69) is 22.1 Å². The first-order chi connectivity index (χ1) is 6.84. The fraction of sp³-hybridized carbons (Fsp3) is 0.545. The van der Waals surface area contributed by atoms with E-state index in [9.17, 15) is 4.79 Å². The van der Waals surface area contributed by atoms with Crippen molar-refractivity contribution in [1.29, 1.82) is 0 Å². The number of thiophene rings is 1. The van der Waals surface area contributed by atoms with Gasteiger partial charge in [0.1, 0.15) is 5.78 Å². The number of hydrogen-bond donors (Lipinski definition) is 1. The second kappa shape index (κ2) is 4.71. The summed E-state index contributed by atoms with van der Waals surface area (Å²) in [7, 11) is 0. The highest BCUT2D eigenvalue weighted by molar-refractivity contribution is 7.07. The van der Waals surface area contributed by atoms with Crippen molar-refractivity contribution in [3.05, 3.63) is 22.4 Å². The number of rotatable bonds is 5. The zero-order valence-electron chi connectivity index (χ0n) is 8.16. The van der Waals surface area contributed by atoms with Crippen molar-refractivity contribution in [1.82, 2.24) is 5.32 Å². The van der Waals surface area contributed by atoms with E-state index < -0.39 is 0 Å². The number of carbonyl (C=O) groups is 1. The molecule has 1 saturated heterocycles. The van der Waals surface area contributed by atoms with Crippen molar-refractivity contribution in [2.75, 3.05) is 13.1 Å². The molecule has 3 heteroatoms. The first kappa shape index (κ1) is 9.87. The molecule has 2 heterocycles. The van der Waals surface area contributed by atoms with Crippen LogP contribution in [-0.4, -0.2) is 18.9 Å². The maximum atomic E-state index is 11.5. The number of hydrogen-bond acceptors (Lipinski definition) is 3. The molecule has 0 bridgehead atoms. The Hall–Kier alpha value is -0.670. The second-order valence-corrected chi connectivity index (χ2v) is 4.68. The molecule has 1 aliphatic heterocycles. The van der Waals surface area contributed by atoms with Crippen LogP contribution in [0.25, 0.3) is 0 Å². The molecule has 0 saturated carbocycles. The molecule has 0 unspecified atom stereocenters. The predicted molar refractivity (Wildman–Crippen MR) is 58.6 cm³/mol. The van der Waals surface area contributed by atoms with E-state index in [0.29, 0.717) is 18.1 Å². The average molecular weight is 209 g/mol. The third-order valence-corrected chi connectivity index (χ3v) is 3.39. The number of carbonyl (C=O) groups excluding carboxylic acids is 1. The molecule has 2 rings (SSSR count). The van der Waals surface area contributed by atoms with E-state index in [4.69, 9.17) is 0 Å². The van der Waals surface area contributed by atoms with Crippen molar-refractivity contribution in [2.24, 2.45) is 5.92 Å². The van der Waals surface area contributed by atoms with Crippen molar-refractivity contribution in [3.8, 4) is 0 Å². The van der Waals surface area contributed by atoms with Gasteiger partial charge in [-0.1, -0.05) is 0 Å². The molecule has 76 valence electrons. The van der Waals surface area contributed by atoms with E-state index in [0.717, 1.165) is 25.9 Å².